The van der Waals surface area contributed by atoms with Crippen LogP contribution in [0.1, 0.15) is 29.8 Å². The summed E-state index contributed by atoms with van der Waals surface area (Å²) in [6.45, 7) is 2.16. The van der Waals surface area contributed by atoms with Gasteiger partial charge in [-0.2, -0.15) is 0 Å². The fourth-order valence-corrected chi connectivity index (χ4v) is 5.36. The van der Waals surface area contributed by atoms with Crippen molar-refractivity contribution in [3.05, 3.63) is 88.7 Å². The van der Waals surface area contributed by atoms with Crippen molar-refractivity contribution in [1.29, 1.82) is 5.41 Å². The van der Waals surface area contributed by atoms with Gasteiger partial charge in [0.2, 0.25) is 5.91 Å². The number of aromatic nitrogens is 2. The minimum Gasteiger partial charge on any atom is -0.384 e. The number of nitrogens with one attached hydrogen (secondary N) is 2. The van der Waals surface area contributed by atoms with Crippen LogP contribution in [0.25, 0.3) is 11.0 Å². The number of anilines is 2. The van der Waals surface area contributed by atoms with E-state index in [0.29, 0.717) is 12.6 Å². The summed E-state index contributed by atoms with van der Waals surface area (Å²) in [5, 5.41) is 11.9. The van der Waals surface area contributed by atoms with Gasteiger partial charge in [0.25, 0.3) is 0 Å². The average molecular weight is 558 g/mol. The van der Waals surface area contributed by atoms with E-state index in [0.717, 1.165) is 77.6 Å². The van der Waals surface area contributed by atoms with Gasteiger partial charge in [-0.1, -0.05) is 35.9 Å². The number of hydrogen-bond acceptors (Lipinski definition) is 5. The van der Waals surface area contributed by atoms with Crippen molar-refractivity contribution in [2.24, 2.45) is 12.8 Å². The van der Waals surface area contributed by atoms with Crippen molar-refractivity contribution in [2.45, 2.75) is 31.7 Å². The highest BCUT2D eigenvalue weighted by Gasteiger charge is 2.23. The number of amides is 1. The van der Waals surface area contributed by atoms with Gasteiger partial charge in [0.1, 0.15) is 11.7 Å². The van der Waals surface area contributed by atoms with Crippen molar-refractivity contribution >= 4 is 45.8 Å². The lowest BCUT2D eigenvalue weighted by atomic mass is 10.0. The van der Waals surface area contributed by atoms with Gasteiger partial charge >= 0.3 is 0 Å². The molecule has 0 aliphatic carbocycles. The third-order valence-electron chi connectivity index (χ3n) is 7.78. The molecule has 4 aromatic rings. The molecule has 1 fully saturated rings. The Bertz CT molecular complexity index is 1490. The molecular formula is C31H36ClN7O. The Balaban J connectivity index is 1.16. The Hall–Kier alpha value is -3.88. The number of carbonyl (C=O) groups is 1. The molecule has 1 aliphatic rings. The monoisotopic (exact) mass is 557 g/mol. The topological polar surface area (TPSA) is 103 Å². The Labute approximate surface area is 240 Å². The normalized spacial score (nSPS) is 14.4. The molecule has 1 aromatic heterocycles. The third kappa shape index (κ3) is 6.46. The summed E-state index contributed by atoms with van der Waals surface area (Å²) < 4.78 is 2.12. The lowest BCUT2D eigenvalue weighted by Crippen LogP contribution is -2.44. The van der Waals surface area contributed by atoms with Gasteiger partial charge in [-0.25, -0.2) is 4.98 Å². The number of amidine groups is 1. The molecule has 0 bridgehead atoms. The second kappa shape index (κ2) is 12.1. The highest BCUT2D eigenvalue weighted by Crippen LogP contribution is 2.24. The largest absolute Gasteiger partial charge is 0.384 e. The zero-order chi connectivity index (χ0) is 28.2. The van der Waals surface area contributed by atoms with E-state index >= 15 is 0 Å². The lowest BCUT2D eigenvalue weighted by Gasteiger charge is -2.33. The summed E-state index contributed by atoms with van der Waals surface area (Å²) in [5.41, 5.74) is 11.3. The van der Waals surface area contributed by atoms with Crippen LogP contribution in [0.4, 0.5) is 11.4 Å². The smallest absolute Gasteiger partial charge is 0.240 e. The first-order chi connectivity index (χ1) is 19.3. The number of aryl methyl sites for hydroxylation is 3. The number of hydrogen-bond donors (Lipinski definition) is 3. The molecule has 3 aromatic carbocycles. The van der Waals surface area contributed by atoms with E-state index in [9.17, 15) is 4.79 Å². The fourth-order valence-electron chi connectivity index (χ4n) is 5.24. The molecule has 40 heavy (non-hydrogen) atoms. The molecule has 8 nitrogen and oxygen atoms in total. The number of rotatable bonds is 9. The van der Waals surface area contributed by atoms with E-state index in [1.807, 2.05) is 80.8 Å². The predicted molar refractivity (Wildman–Crippen MR) is 164 cm³/mol. The van der Waals surface area contributed by atoms with Crippen LogP contribution in [-0.2, 0) is 24.7 Å². The molecule has 208 valence electrons. The van der Waals surface area contributed by atoms with Crippen LogP contribution in [0.15, 0.2) is 66.7 Å². The summed E-state index contributed by atoms with van der Waals surface area (Å²) in [6, 6.07) is 22.0. The molecule has 2 heterocycles. The molecule has 0 radical (unpaired) electrons. The van der Waals surface area contributed by atoms with Gasteiger partial charge in [-0.3, -0.25) is 15.1 Å². The highest BCUT2D eigenvalue weighted by molar-refractivity contribution is 6.30. The van der Waals surface area contributed by atoms with E-state index in [-0.39, 0.29) is 11.7 Å². The van der Waals surface area contributed by atoms with Gasteiger partial charge in [0.05, 0.1) is 17.6 Å². The number of piperidine rings is 1. The maximum absolute atomic E-state index is 13.2. The summed E-state index contributed by atoms with van der Waals surface area (Å²) in [7, 11) is 3.87. The van der Waals surface area contributed by atoms with Gasteiger partial charge in [0.15, 0.2) is 0 Å². The molecule has 0 spiro atoms. The maximum atomic E-state index is 13.2. The van der Waals surface area contributed by atoms with E-state index in [1.54, 1.807) is 4.90 Å². The Kier molecular flexibility index (Phi) is 8.38. The van der Waals surface area contributed by atoms with Crippen LogP contribution in [0.5, 0.6) is 0 Å². The number of fused-ring (bicyclic) bond motifs is 1. The summed E-state index contributed by atoms with van der Waals surface area (Å²) in [4.78, 5) is 22.0. The van der Waals surface area contributed by atoms with Gasteiger partial charge in [-0.05, 0) is 67.3 Å². The number of halogens is 1. The minimum absolute atomic E-state index is 0.0771. The molecule has 9 heteroatoms. The summed E-state index contributed by atoms with van der Waals surface area (Å²) >= 11 is 5.99. The number of nitrogen functional groups attached to an aromatic ring is 1. The van der Waals surface area contributed by atoms with E-state index in [2.05, 4.69) is 14.8 Å². The Morgan fingerprint density at radius 2 is 1.77 bits per heavy atom. The molecule has 0 atom stereocenters. The fraction of sp³-hybridized carbons (Fsp3) is 0.323. The maximum Gasteiger partial charge on any atom is 0.240 e. The van der Waals surface area contributed by atoms with Crippen molar-refractivity contribution in [2.75, 3.05) is 36.9 Å². The lowest BCUT2D eigenvalue weighted by molar-refractivity contribution is -0.119. The molecule has 1 amide bonds. The van der Waals surface area contributed by atoms with Crippen molar-refractivity contribution < 1.29 is 4.79 Å². The molecule has 0 unspecified atom stereocenters. The first kappa shape index (κ1) is 27.7. The molecule has 1 aliphatic heterocycles. The van der Waals surface area contributed by atoms with Crippen LogP contribution in [0.2, 0.25) is 5.02 Å². The average Bonchev–Trinajstić information content (AvgIpc) is 3.28. The number of nitrogens with two attached hydrogens (primary N) is 1. The molecule has 5 rings (SSSR count). The van der Waals surface area contributed by atoms with Crippen LogP contribution < -0.4 is 16.0 Å². The zero-order valence-electron chi connectivity index (χ0n) is 23.0. The van der Waals surface area contributed by atoms with Crippen molar-refractivity contribution in [3.8, 4) is 0 Å². The third-order valence-corrected chi connectivity index (χ3v) is 8.03. The SMILES string of the molecule is CN(C(=O)CN1CCC(Nc2ccc(Cl)cc2)CC1)c1ccc2c(c1)nc(CCc1ccc(C(=N)N)cc1)n2C. The highest BCUT2D eigenvalue weighted by atomic mass is 35.5. The number of benzene rings is 3. The molecule has 1 saturated heterocycles. The number of likely N-dealkylation sites (N-methyl/N-ethyl adjacent to an activating group) is 1. The zero-order valence-corrected chi connectivity index (χ0v) is 23.8. The summed E-state index contributed by atoms with van der Waals surface area (Å²) in [5.74, 6) is 1.15. The van der Waals surface area contributed by atoms with Gasteiger partial charge < -0.3 is 20.5 Å². The second-order valence-electron chi connectivity index (χ2n) is 10.5. The van der Waals surface area contributed by atoms with Crippen LogP contribution in [0, 0.1) is 5.41 Å². The van der Waals surface area contributed by atoms with Crippen molar-refractivity contribution in [1.82, 2.24) is 14.5 Å². The molecular weight excluding hydrogens is 522 g/mol. The Morgan fingerprint density at radius 1 is 1.07 bits per heavy atom. The van der Waals surface area contributed by atoms with Crippen LogP contribution >= 0.6 is 11.6 Å². The van der Waals surface area contributed by atoms with Gasteiger partial charge in [-0.15, -0.1) is 0 Å². The number of nitrogens with zero attached hydrogens (tertiary/aromatic N) is 4. The Morgan fingerprint density at radius 3 is 2.45 bits per heavy atom. The van der Waals surface area contributed by atoms with E-state index in [1.165, 1.54) is 5.56 Å². The number of carbonyl (C=O) groups excluding carboxylic acids is 1. The first-order valence-electron chi connectivity index (χ1n) is 13.7. The molecule has 0 saturated carbocycles. The van der Waals surface area contributed by atoms with Crippen LogP contribution in [-0.4, -0.2) is 58.9 Å². The van der Waals surface area contributed by atoms with Gasteiger partial charge in [0, 0.05) is 61.6 Å². The second-order valence-corrected chi connectivity index (χ2v) is 11.0. The predicted octanol–water partition coefficient (Wildman–Crippen LogP) is 4.84. The number of imidazole rings is 1. The molecule has 4 N–H and O–H groups in total. The van der Waals surface area contributed by atoms with Crippen molar-refractivity contribution in [3.63, 3.8) is 0 Å². The number of likely N-dealkylation sites (tertiary alicyclic amines) is 1. The van der Waals surface area contributed by atoms with E-state index < -0.39 is 0 Å². The van der Waals surface area contributed by atoms with E-state index in [4.69, 9.17) is 27.7 Å². The minimum atomic E-state index is 0.0771. The quantitative estimate of drug-likeness (QED) is 0.202. The summed E-state index contributed by atoms with van der Waals surface area (Å²) in [6.07, 6.45) is 3.61. The standard InChI is InChI=1S/C31H36ClN7O/c1-37(30(40)20-39-17-15-25(16-18-39)35-24-10-8-23(32)9-11-24)26-12-13-28-27(19-26)36-29(38(28)2)14-5-21-3-6-22(7-4-21)31(33)34/h3-4,6-13,19,25,35H,5,14-18,20H2,1-2H3,(H3,33,34). The van der Waals surface area contributed by atoms with Crippen LogP contribution in [0.3, 0.4) is 0 Å². The first-order valence-corrected chi connectivity index (χ1v) is 14.0.